The maximum Gasteiger partial charge on any atom is 0.240 e. The largest absolute Gasteiger partial charge is 0.355 e. The number of amides is 2. The second-order valence-corrected chi connectivity index (χ2v) is 5.22. The molecule has 1 heterocycles. The average Bonchev–Trinajstić information content (AvgIpc) is 2.36. The molecule has 0 aromatic carbocycles. The van der Waals surface area contributed by atoms with Gasteiger partial charge in [0.2, 0.25) is 11.8 Å². The summed E-state index contributed by atoms with van der Waals surface area (Å²) in [5.41, 5.74) is 0. The van der Waals surface area contributed by atoms with Crippen LogP contribution >= 0.6 is 11.6 Å². The van der Waals surface area contributed by atoms with Crippen LogP contribution in [-0.2, 0) is 9.59 Å². The summed E-state index contributed by atoms with van der Waals surface area (Å²) >= 11 is 5.77. The number of carbonyl (C=O) groups is 2. The smallest absolute Gasteiger partial charge is 0.240 e. The molecule has 1 aliphatic rings. The van der Waals surface area contributed by atoms with Crippen molar-refractivity contribution in [3.63, 3.8) is 0 Å². The lowest BCUT2D eigenvalue weighted by Gasteiger charge is -2.34. The third kappa shape index (κ3) is 4.82. The average molecular weight is 276 g/mol. The van der Waals surface area contributed by atoms with Gasteiger partial charge in [-0.15, -0.1) is 11.6 Å². The number of alkyl halides is 1. The summed E-state index contributed by atoms with van der Waals surface area (Å²) in [7, 11) is 0. The SMILES string of the molecule is CCCNC(=O)CN1CCN(C(=O)C(C)Cl)CC1. The molecule has 18 heavy (non-hydrogen) atoms. The van der Waals surface area contributed by atoms with Crippen molar-refractivity contribution in [1.82, 2.24) is 15.1 Å². The van der Waals surface area contributed by atoms with Gasteiger partial charge in [0.05, 0.1) is 6.54 Å². The van der Waals surface area contributed by atoms with Crippen LogP contribution in [0.15, 0.2) is 0 Å². The van der Waals surface area contributed by atoms with Gasteiger partial charge >= 0.3 is 0 Å². The second kappa shape index (κ2) is 7.59. The first-order valence-electron chi connectivity index (χ1n) is 6.46. The highest BCUT2D eigenvalue weighted by Crippen LogP contribution is 2.06. The number of halogens is 1. The standard InChI is InChI=1S/C12H22ClN3O2/c1-3-4-14-11(17)9-15-5-7-16(8-6-15)12(18)10(2)13/h10H,3-9H2,1-2H3,(H,14,17). The van der Waals surface area contributed by atoms with Crippen LogP contribution in [0.3, 0.4) is 0 Å². The lowest BCUT2D eigenvalue weighted by Crippen LogP contribution is -2.52. The molecule has 0 bridgehead atoms. The van der Waals surface area contributed by atoms with Crippen LogP contribution in [0, 0.1) is 0 Å². The van der Waals surface area contributed by atoms with Gasteiger partial charge in [-0.2, -0.15) is 0 Å². The van der Waals surface area contributed by atoms with Crippen molar-refractivity contribution < 1.29 is 9.59 Å². The van der Waals surface area contributed by atoms with Crippen molar-refractivity contribution in [3.05, 3.63) is 0 Å². The Morgan fingerprint density at radius 1 is 1.28 bits per heavy atom. The van der Waals surface area contributed by atoms with Crippen LogP contribution < -0.4 is 5.32 Å². The highest BCUT2D eigenvalue weighted by molar-refractivity contribution is 6.30. The molecule has 6 heteroatoms. The van der Waals surface area contributed by atoms with Crippen LogP contribution in [-0.4, -0.2) is 66.3 Å². The van der Waals surface area contributed by atoms with Crippen molar-refractivity contribution in [2.24, 2.45) is 0 Å². The summed E-state index contributed by atoms with van der Waals surface area (Å²) in [5, 5.41) is 2.38. The lowest BCUT2D eigenvalue weighted by molar-refractivity contribution is -0.132. The maximum absolute atomic E-state index is 11.7. The first-order chi connectivity index (χ1) is 8.54. The molecule has 1 N–H and O–H groups in total. The van der Waals surface area contributed by atoms with Gasteiger partial charge < -0.3 is 10.2 Å². The van der Waals surface area contributed by atoms with Crippen LogP contribution in [0.2, 0.25) is 0 Å². The monoisotopic (exact) mass is 275 g/mol. The van der Waals surface area contributed by atoms with Crippen molar-refractivity contribution in [1.29, 1.82) is 0 Å². The molecule has 0 radical (unpaired) electrons. The molecule has 2 amide bonds. The van der Waals surface area contributed by atoms with Crippen molar-refractivity contribution in [3.8, 4) is 0 Å². The van der Waals surface area contributed by atoms with E-state index in [9.17, 15) is 9.59 Å². The van der Waals surface area contributed by atoms with Crippen molar-refractivity contribution in [2.75, 3.05) is 39.3 Å². The normalized spacial score (nSPS) is 18.5. The molecular weight excluding hydrogens is 254 g/mol. The predicted octanol–water partition coefficient (Wildman–Crippen LogP) is 0.284. The quantitative estimate of drug-likeness (QED) is 0.734. The number of rotatable bonds is 5. The highest BCUT2D eigenvalue weighted by Gasteiger charge is 2.24. The van der Waals surface area contributed by atoms with Crippen molar-refractivity contribution >= 4 is 23.4 Å². The first kappa shape index (κ1) is 15.2. The predicted molar refractivity (Wildman–Crippen MR) is 71.6 cm³/mol. The molecule has 1 rings (SSSR count). The van der Waals surface area contributed by atoms with Gasteiger partial charge in [-0.05, 0) is 13.3 Å². The molecular formula is C12H22ClN3O2. The number of nitrogens with one attached hydrogen (secondary N) is 1. The Bertz CT molecular complexity index is 289. The third-order valence-electron chi connectivity index (χ3n) is 2.96. The number of carbonyl (C=O) groups excluding carboxylic acids is 2. The van der Waals surface area contributed by atoms with Gasteiger partial charge in [0, 0.05) is 32.7 Å². The fraction of sp³-hybridized carbons (Fsp3) is 0.833. The van der Waals surface area contributed by atoms with E-state index in [0.717, 1.165) is 26.1 Å². The molecule has 1 atom stereocenters. The number of hydrogen-bond acceptors (Lipinski definition) is 3. The number of hydrogen-bond donors (Lipinski definition) is 1. The lowest BCUT2D eigenvalue weighted by atomic mass is 10.3. The molecule has 5 nitrogen and oxygen atoms in total. The molecule has 1 aliphatic heterocycles. The van der Waals surface area contributed by atoms with Gasteiger partial charge in [-0.3, -0.25) is 14.5 Å². The van der Waals surface area contributed by atoms with E-state index in [1.807, 2.05) is 6.92 Å². The molecule has 0 aromatic rings. The van der Waals surface area contributed by atoms with Crippen molar-refractivity contribution in [2.45, 2.75) is 25.6 Å². The molecule has 1 saturated heterocycles. The minimum absolute atomic E-state index is 0.0215. The highest BCUT2D eigenvalue weighted by atomic mass is 35.5. The Kier molecular flexibility index (Phi) is 6.43. The van der Waals surface area contributed by atoms with Crippen LogP contribution in [0.4, 0.5) is 0 Å². The number of nitrogens with zero attached hydrogens (tertiary/aromatic N) is 2. The minimum Gasteiger partial charge on any atom is -0.355 e. The van der Waals surface area contributed by atoms with Gasteiger partial charge in [-0.1, -0.05) is 6.92 Å². The molecule has 0 aliphatic carbocycles. The Labute approximate surface area is 113 Å². The summed E-state index contributed by atoms with van der Waals surface area (Å²) in [5.74, 6) is 0.0362. The first-order valence-corrected chi connectivity index (χ1v) is 6.90. The van der Waals surface area contributed by atoms with E-state index in [-0.39, 0.29) is 11.8 Å². The van der Waals surface area contributed by atoms with E-state index in [2.05, 4.69) is 10.2 Å². The Hall–Kier alpha value is -0.810. The zero-order valence-corrected chi connectivity index (χ0v) is 11.9. The summed E-state index contributed by atoms with van der Waals surface area (Å²) in [6.07, 6.45) is 0.946. The fourth-order valence-electron chi connectivity index (χ4n) is 1.90. The van der Waals surface area contributed by atoms with E-state index in [1.165, 1.54) is 0 Å². The Morgan fingerprint density at radius 3 is 2.39 bits per heavy atom. The van der Waals surface area contributed by atoms with Crippen LogP contribution in [0.25, 0.3) is 0 Å². The molecule has 0 saturated carbocycles. The molecule has 1 unspecified atom stereocenters. The second-order valence-electron chi connectivity index (χ2n) is 4.57. The fourth-order valence-corrected chi connectivity index (χ4v) is 2.04. The third-order valence-corrected chi connectivity index (χ3v) is 3.15. The van der Waals surface area contributed by atoms with E-state index < -0.39 is 5.38 Å². The van der Waals surface area contributed by atoms with Gasteiger partial charge in [0.25, 0.3) is 0 Å². The summed E-state index contributed by atoms with van der Waals surface area (Å²) in [4.78, 5) is 27.0. The summed E-state index contributed by atoms with van der Waals surface area (Å²) in [6, 6.07) is 0. The van der Waals surface area contributed by atoms with Crippen LogP contribution in [0.5, 0.6) is 0 Å². The molecule has 0 spiro atoms. The van der Waals surface area contributed by atoms with E-state index >= 15 is 0 Å². The zero-order chi connectivity index (χ0) is 13.5. The zero-order valence-electron chi connectivity index (χ0n) is 11.1. The molecule has 104 valence electrons. The molecule has 1 fully saturated rings. The number of piperazine rings is 1. The topological polar surface area (TPSA) is 52.7 Å². The van der Waals surface area contributed by atoms with Gasteiger partial charge in [-0.25, -0.2) is 0 Å². The van der Waals surface area contributed by atoms with Gasteiger partial charge in [0.15, 0.2) is 0 Å². The van der Waals surface area contributed by atoms with E-state index in [1.54, 1.807) is 11.8 Å². The minimum atomic E-state index is -0.468. The Balaban J connectivity index is 2.27. The van der Waals surface area contributed by atoms with E-state index in [4.69, 9.17) is 11.6 Å². The van der Waals surface area contributed by atoms with E-state index in [0.29, 0.717) is 19.6 Å². The maximum atomic E-state index is 11.7. The van der Waals surface area contributed by atoms with Gasteiger partial charge in [0.1, 0.15) is 5.38 Å². The molecule has 0 aromatic heterocycles. The summed E-state index contributed by atoms with van der Waals surface area (Å²) < 4.78 is 0. The van der Waals surface area contributed by atoms with Crippen LogP contribution in [0.1, 0.15) is 20.3 Å². The Morgan fingerprint density at radius 2 is 1.89 bits per heavy atom. The summed E-state index contributed by atoms with van der Waals surface area (Å²) in [6.45, 7) is 7.61.